The molecule has 4 aliphatic heterocycles. The first-order valence-corrected chi connectivity index (χ1v) is 27.4. The number of hydrogen-bond acceptors (Lipinski definition) is 18. The topological polar surface area (TPSA) is 226 Å². The summed E-state index contributed by atoms with van der Waals surface area (Å²) >= 11 is 0. The third kappa shape index (κ3) is 12.7. The quantitative estimate of drug-likeness (QED) is 0.0788. The lowest BCUT2D eigenvalue weighted by atomic mass is 9.73. The highest BCUT2D eigenvalue weighted by atomic mass is 16.7. The van der Waals surface area contributed by atoms with E-state index in [2.05, 4.69) is 27.3 Å². The average Bonchev–Trinajstić information content (AvgIpc) is 4.11. The Balaban J connectivity index is 1.20. The predicted molar refractivity (Wildman–Crippen MR) is 289 cm³/mol. The molecule has 2 aromatic heterocycles. The van der Waals surface area contributed by atoms with E-state index in [-0.39, 0.29) is 49.6 Å². The zero-order chi connectivity index (χ0) is 57.1. The molecule has 0 saturated carbocycles. The molecule has 1 amide bonds. The van der Waals surface area contributed by atoms with Crippen molar-refractivity contribution in [3.05, 3.63) is 84.3 Å². The molecular weight excluding hydrogens is 1020 g/mol. The Morgan fingerprint density at radius 1 is 0.899 bits per heavy atom. The van der Waals surface area contributed by atoms with Crippen LogP contribution in [0.1, 0.15) is 111 Å². The van der Waals surface area contributed by atoms with Crippen LogP contribution < -0.4 is 5.32 Å². The molecule has 4 aliphatic rings. The molecule has 6 heterocycles. The van der Waals surface area contributed by atoms with Gasteiger partial charge in [-0.1, -0.05) is 75.2 Å². The lowest BCUT2D eigenvalue weighted by Crippen LogP contribution is -2.62. The molecule has 428 valence electrons. The van der Waals surface area contributed by atoms with Crippen molar-refractivity contribution in [2.45, 2.75) is 179 Å². The summed E-state index contributed by atoms with van der Waals surface area (Å²) in [6.07, 6.45) is -7.05. The first-order chi connectivity index (χ1) is 37.5. The van der Waals surface area contributed by atoms with E-state index in [0.29, 0.717) is 17.7 Å². The summed E-state index contributed by atoms with van der Waals surface area (Å²) in [5.41, 5.74) is -1.64. The molecule has 0 radical (unpaired) electrons. The third-order valence-corrected chi connectivity index (χ3v) is 16.7. The Kier molecular flexibility index (Phi) is 18.4. The van der Waals surface area contributed by atoms with Gasteiger partial charge in [0.05, 0.1) is 53.1 Å². The molecule has 18 atom stereocenters. The van der Waals surface area contributed by atoms with E-state index in [4.69, 9.17) is 47.2 Å². The number of ketones is 1. The predicted octanol–water partition coefficient (Wildman–Crippen LogP) is 7.68. The minimum Gasteiger partial charge on any atom is -0.458 e. The van der Waals surface area contributed by atoms with Crippen LogP contribution in [0.5, 0.6) is 0 Å². The number of para-hydroxylation sites is 1. The normalized spacial score (nSPS) is 36.5. The van der Waals surface area contributed by atoms with Crippen molar-refractivity contribution in [1.29, 1.82) is 0 Å². The SMILES string of the molecule is CC[C@H]1OC(=O)[C@@H](C)[C@@H](O[C@H]2C[C@@](C)(OC)[C@@H](OC(=O)c3ccccc3)[C@H](C)O2)[C@H](C)[C@@H](O[C@@H]2O[C@H](C)C[C@H](N(C)C)[C@H]2O)[C@](C)(OCC#Cc2cc(-c3cnc4ccccc4c3)no2)C[C@@H](C)C(=O)[C@H](C)[C@H]2NC(=O)O[C@@]21C. The van der Waals surface area contributed by atoms with Crippen molar-refractivity contribution in [2.75, 3.05) is 27.8 Å². The van der Waals surface area contributed by atoms with Gasteiger partial charge in [-0.3, -0.25) is 14.6 Å². The molecule has 0 unspecified atom stereocenters. The van der Waals surface area contributed by atoms with Crippen molar-refractivity contribution in [3.8, 4) is 23.1 Å². The van der Waals surface area contributed by atoms with Gasteiger partial charge in [-0.25, -0.2) is 9.59 Å². The fourth-order valence-electron chi connectivity index (χ4n) is 12.2. The molecule has 19 heteroatoms. The standard InChI is InChI=1S/C60H78N4O15/c1-14-46-60(10)51(62-57(69)78-60)35(4)48(65)33(2)30-59(9,71-26-20-24-42-29-44(63-79-42)41-28-40-23-18-19-25-43(40)61-32-41)52(77-56-49(66)45(64(11)12)27-34(3)72-56)36(5)50(37(6)54(67)74-46)75-47-31-58(8,70-13)53(38(7)73-47)76-55(68)39-21-16-15-17-22-39/h15-19,21-23,25,28-29,32-38,45-47,49-53,56,66H,14,26-27,30-31H2,1-13H3,(H,62,69)/t33-,34-,35+,36+,37+,38+,45+,46-,47+,49-,50+,51-,52-,53+,56+,58-,59-,60-/m1/s1. The molecular formula is C60H78N4O15. The molecule has 4 aromatic rings. The molecule has 4 fully saturated rings. The van der Waals surface area contributed by atoms with E-state index < -0.39 is 114 Å². The van der Waals surface area contributed by atoms with Crippen LogP contribution in [0.2, 0.25) is 0 Å². The van der Waals surface area contributed by atoms with Crippen molar-refractivity contribution in [2.24, 2.45) is 23.7 Å². The van der Waals surface area contributed by atoms with Crippen LogP contribution >= 0.6 is 0 Å². The van der Waals surface area contributed by atoms with E-state index in [1.807, 2.05) is 77.0 Å². The monoisotopic (exact) mass is 1090 g/mol. The van der Waals surface area contributed by atoms with Gasteiger partial charge in [0.2, 0.25) is 5.76 Å². The Morgan fingerprint density at radius 2 is 1.62 bits per heavy atom. The number of hydrogen-bond donors (Lipinski definition) is 2. The lowest BCUT2D eigenvalue weighted by molar-refractivity contribution is -0.319. The number of nitrogens with zero attached hydrogens (tertiary/aromatic N) is 3. The molecule has 0 spiro atoms. The van der Waals surface area contributed by atoms with Crippen molar-refractivity contribution < 1.29 is 71.4 Å². The molecule has 0 bridgehead atoms. The second-order valence-electron chi connectivity index (χ2n) is 22.8. The number of carbonyl (C=O) groups is 4. The maximum atomic E-state index is 15.1. The highest BCUT2D eigenvalue weighted by Crippen LogP contribution is 2.44. The van der Waals surface area contributed by atoms with Crippen molar-refractivity contribution in [1.82, 2.24) is 20.4 Å². The number of fused-ring (bicyclic) bond motifs is 2. The number of methoxy groups -OCH3 is 1. The van der Waals surface area contributed by atoms with Crippen molar-refractivity contribution in [3.63, 3.8) is 0 Å². The molecule has 8 rings (SSSR count). The fraction of sp³-hybridized carbons (Fsp3) is 0.600. The molecule has 4 saturated heterocycles. The van der Waals surface area contributed by atoms with Crippen LogP contribution in [0.3, 0.4) is 0 Å². The van der Waals surface area contributed by atoms with Crippen LogP contribution in [0.4, 0.5) is 4.79 Å². The van der Waals surface area contributed by atoms with E-state index in [9.17, 15) is 14.7 Å². The summed E-state index contributed by atoms with van der Waals surface area (Å²) < 4.78 is 64.7. The van der Waals surface area contributed by atoms with E-state index >= 15 is 9.59 Å². The number of cyclic esters (lactones) is 1. The number of ether oxygens (including phenoxy) is 9. The van der Waals surface area contributed by atoms with Crippen LogP contribution in [0, 0.1) is 35.5 Å². The smallest absolute Gasteiger partial charge is 0.408 e. The zero-order valence-electron chi connectivity index (χ0n) is 47.6. The number of aliphatic hydroxyl groups is 1. The van der Waals surface area contributed by atoms with Crippen LogP contribution in [0.15, 0.2) is 77.4 Å². The van der Waals surface area contributed by atoms with Crippen LogP contribution in [0.25, 0.3) is 22.2 Å². The van der Waals surface area contributed by atoms with Gasteiger partial charge in [0.1, 0.15) is 35.9 Å². The number of aromatic nitrogens is 2. The van der Waals surface area contributed by atoms with E-state index in [1.54, 1.807) is 84.1 Å². The number of nitrogens with one attached hydrogen (secondary N) is 1. The average molecular weight is 1100 g/mol. The van der Waals surface area contributed by atoms with Gasteiger partial charge in [-0.05, 0) is 105 Å². The van der Waals surface area contributed by atoms with Gasteiger partial charge in [0, 0.05) is 60.5 Å². The Labute approximate surface area is 462 Å². The number of alkyl carbamates (subject to hydrolysis) is 1. The van der Waals surface area contributed by atoms with Gasteiger partial charge in [0.15, 0.2) is 24.3 Å². The summed E-state index contributed by atoms with van der Waals surface area (Å²) in [5.74, 6) is 1.32. The third-order valence-electron chi connectivity index (χ3n) is 16.7. The number of Topliss-reactive ketones (excluding diaryl/α,β-unsaturated/α-hetero) is 1. The molecule has 19 nitrogen and oxygen atoms in total. The summed E-state index contributed by atoms with van der Waals surface area (Å²) in [7, 11) is 5.27. The van der Waals surface area contributed by atoms with Gasteiger partial charge >= 0.3 is 18.0 Å². The minimum atomic E-state index is -1.50. The van der Waals surface area contributed by atoms with Gasteiger partial charge in [-0.15, -0.1) is 0 Å². The van der Waals surface area contributed by atoms with Gasteiger partial charge < -0.3 is 62.5 Å². The number of esters is 2. The number of aliphatic hydroxyl groups excluding tert-OH is 1. The van der Waals surface area contributed by atoms with Gasteiger partial charge in [-0.2, -0.15) is 0 Å². The summed E-state index contributed by atoms with van der Waals surface area (Å²) in [4.78, 5) is 63.3. The number of benzene rings is 2. The number of pyridine rings is 1. The highest BCUT2D eigenvalue weighted by molar-refractivity contribution is 5.89. The minimum absolute atomic E-state index is 0.0118. The lowest BCUT2D eigenvalue weighted by Gasteiger charge is -2.50. The summed E-state index contributed by atoms with van der Waals surface area (Å²) in [6, 6.07) is 18.8. The number of likely N-dealkylation sites (N-methyl/N-ethyl adjacent to an activating group) is 1. The first-order valence-electron chi connectivity index (χ1n) is 27.4. The maximum Gasteiger partial charge on any atom is 0.408 e. The van der Waals surface area contributed by atoms with Gasteiger partial charge in [0.25, 0.3) is 0 Å². The molecule has 79 heavy (non-hydrogen) atoms. The first kappa shape index (κ1) is 59.3. The second-order valence-corrected chi connectivity index (χ2v) is 22.8. The summed E-state index contributed by atoms with van der Waals surface area (Å²) in [5, 5.41) is 20.2. The van der Waals surface area contributed by atoms with E-state index in [1.165, 1.54) is 7.11 Å². The maximum absolute atomic E-state index is 15.1. The molecule has 2 aromatic carbocycles. The van der Waals surface area contributed by atoms with E-state index in [0.717, 1.165) is 16.5 Å². The zero-order valence-corrected chi connectivity index (χ0v) is 47.6. The van der Waals surface area contributed by atoms with Crippen LogP contribution in [-0.2, 0) is 52.2 Å². The number of carbonyl (C=O) groups excluding carboxylic acids is 4. The largest absolute Gasteiger partial charge is 0.458 e. The Bertz CT molecular complexity index is 2850. The molecule has 2 N–H and O–H groups in total. The second kappa shape index (κ2) is 24.5. The number of rotatable bonds is 12. The van der Waals surface area contributed by atoms with Crippen molar-refractivity contribution >= 4 is 34.7 Å². The highest BCUT2D eigenvalue weighted by Gasteiger charge is 2.58. The Morgan fingerprint density at radius 3 is 2.33 bits per heavy atom. The number of amides is 1. The molecule has 0 aliphatic carbocycles. The Hall–Kier alpha value is -5.82. The summed E-state index contributed by atoms with van der Waals surface area (Å²) in [6.45, 7) is 17.6. The fourth-order valence-corrected chi connectivity index (χ4v) is 12.2. The van der Waals surface area contributed by atoms with Crippen LogP contribution in [-0.4, -0.2) is 156 Å².